The van der Waals surface area contributed by atoms with Crippen molar-refractivity contribution in [3.05, 3.63) is 51.7 Å². The van der Waals surface area contributed by atoms with E-state index in [0.29, 0.717) is 18.5 Å². The molecule has 5 nitrogen and oxygen atoms in total. The van der Waals surface area contributed by atoms with E-state index >= 15 is 0 Å². The fourth-order valence-corrected chi connectivity index (χ4v) is 4.30. The van der Waals surface area contributed by atoms with Gasteiger partial charge in [-0.25, -0.2) is 0 Å². The van der Waals surface area contributed by atoms with Crippen LogP contribution in [0.1, 0.15) is 54.2 Å². The van der Waals surface area contributed by atoms with E-state index < -0.39 is 0 Å². The lowest BCUT2D eigenvalue weighted by atomic mass is 10.0. The first-order chi connectivity index (χ1) is 13.1. The average Bonchev–Trinajstić information content (AvgIpc) is 3.13. The molecule has 0 saturated heterocycles. The first-order valence-electron chi connectivity index (χ1n) is 9.59. The van der Waals surface area contributed by atoms with E-state index in [2.05, 4.69) is 46.2 Å². The molecule has 0 aliphatic carbocycles. The molecular formula is C21H27N3O2S. The molecular weight excluding hydrogens is 358 g/mol. The molecule has 0 fully saturated rings. The zero-order chi connectivity index (χ0) is 19.2. The minimum Gasteiger partial charge on any atom is -0.350 e. The van der Waals surface area contributed by atoms with Gasteiger partial charge in [-0.2, -0.15) is 11.3 Å². The summed E-state index contributed by atoms with van der Waals surface area (Å²) in [5.41, 5.74) is 3.75. The van der Waals surface area contributed by atoms with Gasteiger partial charge in [0, 0.05) is 24.2 Å². The Bertz CT molecular complexity index is 785. The van der Waals surface area contributed by atoms with Gasteiger partial charge >= 0.3 is 0 Å². The van der Waals surface area contributed by atoms with Crippen LogP contribution < -0.4 is 10.6 Å². The van der Waals surface area contributed by atoms with Crippen LogP contribution in [-0.4, -0.2) is 36.3 Å². The van der Waals surface area contributed by atoms with Gasteiger partial charge in [0.2, 0.25) is 5.91 Å². The van der Waals surface area contributed by atoms with Crippen molar-refractivity contribution >= 4 is 28.8 Å². The molecule has 1 aliphatic rings. The van der Waals surface area contributed by atoms with E-state index in [9.17, 15) is 9.59 Å². The third-order valence-electron chi connectivity index (χ3n) is 5.13. The Labute approximate surface area is 164 Å². The van der Waals surface area contributed by atoms with Gasteiger partial charge in [0.15, 0.2) is 0 Å². The fraction of sp³-hybridized carbons (Fsp3) is 0.429. The molecule has 0 bridgehead atoms. The second kappa shape index (κ2) is 9.15. The minimum atomic E-state index is -0.0687. The number of anilines is 1. The maximum atomic E-state index is 12.7. The SMILES string of the molecule is CCN(CC)[C@H](CNC(=O)c1ccc2c(c1)CCCC(=O)N2)c1ccsc1. The highest BCUT2D eigenvalue weighted by molar-refractivity contribution is 7.07. The third-order valence-corrected chi connectivity index (χ3v) is 5.83. The number of hydrogen-bond donors (Lipinski definition) is 2. The summed E-state index contributed by atoms with van der Waals surface area (Å²) in [5.74, 6) is -0.0236. The molecule has 0 radical (unpaired) electrons. The van der Waals surface area contributed by atoms with Crippen LogP contribution in [-0.2, 0) is 11.2 Å². The molecule has 3 rings (SSSR count). The molecule has 27 heavy (non-hydrogen) atoms. The summed E-state index contributed by atoms with van der Waals surface area (Å²) >= 11 is 1.68. The lowest BCUT2D eigenvalue weighted by Gasteiger charge is -2.29. The van der Waals surface area contributed by atoms with Gasteiger partial charge in [-0.1, -0.05) is 13.8 Å². The number of rotatable bonds is 7. The van der Waals surface area contributed by atoms with Gasteiger partial charge in [-0.05, 0) is 72.1 Å². The van der Waals surface area contributed by atoms with Crippen molar-refractivity contribution in [2.45, 2.75) is 39.2 Å². The van der Waals surface area contributed by atoms with Crippen LogP contribution in [0.25, 0.3) is 0 Å². The first kappa shape index (κ1) is 19.6. The van der Waals surface area contributed by atoms with Crippen molar-refractivity contribution in [3.8, 4) is 0 Å². The van der Waals surface area contributed by atoms with Crippen molar-refractivity contribution in [2.75, 3.05) is 25.0 Å². The Balaban J connectivity index is 1.71. The number of hydrogen-bond acceptors (Lipinski definition) is 4. The summed E-state index contributed by atoms with van der Waals surface area (Å²) < 4.78 is 0. The highest BCUT2D eigenvalue weighted by atomic mass is 32.1. The summed E-state index contributed by atoms with van der Waals surface area (Å²) in [6.45, 7) is 6.73. The number of aryl methyl sites for hydroxylation is 1. The fourth-order valence-electron chi connectivity index (χ4n) is 3.59. The highest BCUT2D eigenvalue weighted by Crippen LogP contribution is 2.24. The van der Waals surface area contributed by atoms with Gasteiger partial charge in [-0.15, -0.1) is 0 Å². The normalized spacial score (nSPS) is 15.0. The number of likely N-dealkylation sites (N-methyl/N-ethyl adjacent to an activating group) is 1. The van der Waals surface area contributed by atoms with Crippen LogP contribution in [0.4, 0.5) is 5.69 Å². The summed E-state index contributed by atoms with van der Waals surface area (Å²) in [6, 6.07) is 7.85. The van der Waals surface area contributed by atoms with Crippen molar-refractivity contribution in [2.24, 2.45) is 0 Å². The Morgan fingerprint density at radius 2 is 2.07 bits per heavy atom. The number of nitrogens with one attached hydrogen (secondary N) is 2. The van der Waals surface area contributed by atoms with Crippen LogP contribution in [0.3, 0.4) is 0 Å². The van der Waals surface area contributed by atoms with E-state index in [0.717, 1.165) is 37.2 Å². The van der Waals surface area contributed by atoms with Crippen molar-refractivity contribution in [1.29, 1.82) is 0 Å². The number of carbonyl (C=O) groups excluding carboxylic acids is 2. The van der Waals surface area contributed by atoms with Gasteiger partial charge in [0.25, 0.3) is 5.91 Å². The van der Waals surface area contributed by atoms with E-state index in [4.69, 9.17) is 0 Å². The second-order valence-electron chi connectivity index (χ2n) is 6.78. The Morgan fingerprint density at radius 1 is 1.26 bits per heavy atom. The molecule has 2 N–H and O–H groups in total. The molecule has 1 aliphatic heterocycles. The highest BCUT2D eigenvalue weighted by Gasteiger charge is 2.20. The molecule has 0 saturated carbocycles. The van der Waals surface area contributed by atoms with Crippen LogP contribution in [0, 0.1) is 0 Å². The van der Waals surface area contributed by atoms with Crippen LogP contribution in [0.5, 0.6) is 0 Å². The van der Waals surface area contributed by atoms with Gasteiger partial charge in [-0.3, -0.25) is 14.5 Å². The maximum absolute atomic E-state index is 12.7. The minimum absolute atomic E-state index is 0.0452. The number of thiophene rings is 1. The van der Waals surface area contributed by atoms with E-state index in [1.807, 2.05) is 12.1 Å². The predicted molar refractivity (Wildman–Crippen MR) is 110 cm³/mol. The monoisotopic (exact) mass is 385 g/mol. The summed E-state index contributed by atoms with van der Waals surface area (Å²) in [4.78, 5) is 26.8. The molecule has 2 aromatic rings. The molecule has 144 valence electrons. The summed E-state index contributed by atoms with van der Waals surface area (Å²) in [5, 5.41) is 10.2. The lowest BCUT2D eigenvalue weighted by molar-refractivity contribution is -0.116. The number of carbonyl (C=O) groups is 2. The van der Waals surface area contributed by atoms with Crippen molar-refractivity contribution in [1.82, 2.24) is 10.2 Å². The first-order valence-corrected chi connectivity index (χ1v) is 10.5. The second-order valence-corrected chi connectivity index (χ2v) is 7.56. The van der Waals surface area contributed by atoms with Crippen LogP contribution >= 0.6 is 11.3 Å². The zero-order valence-electron chi connectivity index (χ0n) is 16.0. The molecule has 1 atom stereocenters. The van der Waals surface area contributed by atoms with E-state index in [1.165, 1.54) is 5.56 Å². The molecule has 1 aromatic carbocycles. The lowest BCUT2D eigenvalue weighted by Crippen LogP contribution is -2.37. The van der Waals surface area contributed by atoms with Crippen LogP contribution in [0.15, 0.2) is 35.0 Å². The Hall–Kier alpha value is -2.18. The summed E-state index contributed by atoms with van der Waals surface area (Å²) in [6.07, 6.45) is 2.15. The number of benzene rings is 1. The molecule has 6 heteroatoms. The number of fused-ring (bicyclic) bond motifs is 1. The van der Waals surface area contributed by atoms with Crippen molar-refractivity contribution < 1.29 is 9.59 Å². The largest absolute Gasteiger partial charge is 0.350 e. The maximum Gasteiger partial charge on any atom is 0.251 e. The molecule has 2 amide bonds. The molecule has 2 heterocycles. The standard InChI is InChI=1S/C21H27N3O2S/c1-3-24(4-2)19(17-10-11-27-14-17)13-22-21(26)16-8-9-18-15(12-16)6-5-7-20(25)23-18/h8-12,14,19H,3-7,13H2,1-2H3,(H,22,26)(H,23,25)/t19-/m1/s1. The van der Waals surface area contributed by atoms with Gasteiger partial charge in [0.05, 0.1) is 6.04 Å². The zero-order valence-corrected chi connectivity index (χ0v) is 16.8. The van der Waals surface area contributed by atoms with Gasteiger partial charge < -0.3 is 10.6 Å². The Kier molecular flexibility index (Phi) is 6.63. The number of nitrogens with zero attached hydrogens (tertiary/aromatic N) is 1. The molecule has 0 unspecified atom stereocenters. The van der Waals surface area contributed by atoms with E-state index in [-0.39, 0.29) is 17.9 Å². The topological polar surface area (TPSA) is 61.4 Å². The third kappa shape index (κ3) is 4.76. The van der Waals surface area contributed by atoms with Crippen LogP contribution in [0.2, 0.25) is 0 Å². The average molecular weight is 386 g/mol. The Morgan fingerprint density at radius 3 is 2.78 bits per heavy atom. The molecule has 0 spiro atoms. The van der Waals surface area contributed by atoms with E-state index in [1.54, 1.807) is 17.4 Å². The van der Waals surface area contributed by atoms with Crippen molar-refractivity contribution in [3.63, 3.8) is 0 Å². The van der Waals surface area contributed by atoms with Gasteiger partial charge in [0.1, 0.15) is 0 Å². The smallest absolute Gasteiger partial charge is 0.251 e. The quantitative estimate of drug-likeness (QED) is 0.761. The number of amides is 2. The summed E-state index contributed by atoms with van der Waals surface area (Å²) in [7, 11) is 0. The predicted octanol–water partition coefficient (Wildman–Crippen LogP) is 3.84. The molecule has 1 aromatic heterocycles.